The predicted octanol–water partition coefficient (Wildman–Crippen LogP) is 4.55. The van der Waals surface area contributed by atoms with Crippen LogP contribution in [-0.4, -0.2) is 12.0 Å². The standard InChI is InChI=1S/C14H14Br2N2/c1-10-7-13(16)8-17-14(10)18(2)9-11-3-5-12(15)6-4-11/h3-8H,9H2,1-2H3. The summed E-state index contributed by atoms with van der Waals surface area (Å²) in [5.74, 6) is 1.01. The van der Waals surface area contributed by atoms with Crippen molar-refractivity contribution in [2.24, 2.45) is 0 Å². The van der Waals surface area contributed by atoms with Gasteiger partial charge in [0.2, 0.25) is 0 Å². The van der Waals surface area contributed by atoms with Crippen LogP contribution in [0.2, 0.25) is 0 Å². The number of nitrogens with zero attached hydrogens (tertiary/aromatic N) is 2. The molecule has 0 atom stereocenters. The molecule has 0 saturated carbocycles. The van der Waals surface area contributed by atoms with Gasteiger partial charge in [-0.3, -0.25) is 0 Å². The highest BCUT2D eigenvalue weighted by Gasteiger charge is 2.07. The number of anilines is 1. The molecule has 1 aromatic carbocycles. The molecule has 2 rings (SSSR count). The van der Waals surface area contributed by atoms with Crippen LogP contribution in [0.1, 0.15) is 11.1 Å². The van der Waals surface area contributed by atoms with E-state index in [0.717, 1.165) is 21.3 Å². The minimum atomic E-state index is 0.850. The fourth-order valence-corrected chi connectivity index (χ4v) is 2.58. The van der Waals surface area contributed by atoms with Gasteiger partial charge < -0.3 is 4.90 Å². The molecule has 0 aliphatic heterocycles. The molecule has 1 heterocycles. The van der Waals surface area contributed by atoms with E-state index in [4.69, 9.17) is 0 Å². The Hall–Kier alpha value is -0.870. The summed E-state index contributed by atoms with van der Waals surface area (Å²) in [4.78, 5) is 6.62. The fraction of sp³-hybridized carbons (Fsp3) is 0.214. The number of benzene rings is 1. The highest BCUT2D eigenvalue weighted by molar-refractivity contribution is 9.10. The number of aryl methyl sites for hydroxylation is 1. The molecule has 0 unspecified atom stereocenters. The van der Waals surface area contributed by atoms with Crippen molar-refractivity contribution in [2.45, 2.75) is 13.5 Å². The largest absolute Gasteiger partial charge is 0.355 e. The summed E-state index contributed by atoms with van der Waals surface area (Å²) in [5, 5.41) is 0. The zero-order valence-corrected chi connectivity index (χ0v) is 13.5. The first-order valence-corrected chi connectivity index (χ1v) is 7.22. The van der Waals surface area contributed by atoms with Gasteiger partial charge in [0.25, 0.3) is 0 Å². The molecule has 0 amide bonds. The van der Waals surface area contributed by atoms with Gasteiger partial charge >= 0.3 is 0 Å². The quantitative estimate of drug-likeness (QED) is 0.788. The summed E-state index contributed by atoms with van der Waals surface area (Å²) >= 11 is 6.88. The van der Waals surface area contributed by atoms with Crippen LogP contribution < -0.4 is 4.90 Å². The Bertz CT molecular complexity index is 538. The molecule has 0 aliphatic carbocycles. The van der Waals surface area contributed by atoms with E-state index in [0.29, 0.717) is 0 Å². The molecule has 4 heteroatoms. The number of halogens is 2. The Morgan fingerprint density at radius 1 is 1.11 bits per heavy atom. The lowest BCUT2D eigenvalue weighted by Crippen LogP contribution is -2.18. The van der Waals surface area contributed by atoms with E-state index < -0.39 is 0 Å². The maximum absolute atomic E-state index is 4.46. The van der Waals surface area contributed by atoms with Gasteiger partial charge in [0.1, 0.15) is 5.82 Å². The average Bonchev–Trinajstić information content (AvgIpc) is 2.32. The summed E-state index contributed by atoms with van der Waals surface area (Å²) in [5.41, 5.74) is 2.44. The van der Waals surface area contributed by atoms with Crippen LogP contribution in [0.4, 0.5) is 5.82 Å². The molecular formula is C14H14Br2N2. The Kier molecular flexibility index (Phi) is 4.40. The molecule has 0 aliphatic rings. The maximum atomic E-state index is 4.46. The van der Waals surface area contributed by atoms with Gasteiger partial charge in [-0.2, -0.15) is 0 Å². The second kappa shape index (κ2) is 5.85. The highest BCUT2D eigenvalue weighted by atomic mass is 79.9. The van der Waals surface area contributed by atoms with Crippen molar-refractivity contribution in [1.82, 2.24) is 4.98 Å². The van der Waals surface area contributed by atoms with Gasteiger partial charge in [0.05, 0.1) is 0 Å². The van der Waals surface area contributed by atoms with E-state index in [1.807, 2.05) is 6.20 Å². The number of aromatic nitrogens is 1. The van der Waals surface area contributed by atoms with Crippen LogP contribution in [0.15, 0.2) is 45.5 Å². The molecular weight excluding hydrogens is 356 g/mol. The van der Waals surface area contributed by atoms with E-state index >= 15 is 0 Å². The average molecular weight is 370 g/mol. The Balaban J connectivity index is 2.16. The molecule has 94 valence electrons. The van der Waals surface area contributed by atoms with Crippen LogP contribution in [0, 0.1) is 6.92 Å². The minimum Gasteiger partial charge on any atom is -0.355 e. The zero-order valence-electron chi connectivity index (χ0n) is 10.3. The molecule has 2 nitrogen and oxygen atoms in total. The van der Waals surface area contributed by atoms with E-state index in [2.05, 4.69) is 86.0 Å². The first kappa shape index (κ1) is 13.6. The van der Waals surface area contributed by atoms with Gasteiger partial charge in [-0.05, 0) is 52.2 Å². The van der Waals surface area contributed by atoms with Crippen molar-refractivity contribution in [2.75, 3.05) is 11.9 Å². The molecule has 2 aromatic rings. The van der Waals surface area contributed by atoms with Gasteiger partial charge in [0.15, 0.2) is 0 Å². The van der Waals surface area contributed by atoms with Crippen LogP contribution in [0.3, 0.4) is 0 Å². The summed E-state index contributed by atoms with van der Waals surface area (Å²) < 4.78 is 2.12. The Morgan fingerprint density at radius 2 is 1.78 bits per heavy atom. The summed E-state index contributed by atoms with van der Waals surface area (Å²) in [6.07, 6.45) is 1.83. The molecule has 0 bridgehead atoms. The molecule has 0 fully saturated rings. The van der Waals surface area contributed by atoms with E-state index in [1.54, 1.807) is 0 Å². The molecule has 0 saturated heterocycles. The van der Waals surface area contributed by atoms with Crippen molar-refractivity contribution < 1.29 is 0 Å². The van der Waals surface area contributed by atoms with Crippen LogP contribution >= 0.6 is 31.9 Å². The van der Waals surface area contributed by atoms with Crippen molar-refractivity contribution in [1.29, 1.82) is 0 Å². The first-order valence-electron chi connectivity index (χ1n) is 5.64. The topological polar surface area (TPSA) is 16.1 Å². The van der Waals surface area contributed by atoms with Crippen molar-refractivity contribution >= 4 is 37.7 Å². The van der Waals surface area contributed by atoms with Crippen LogP contribution in [-0.2, 0) is 6.54 Å². The zero-order chi connectivity index (χ0) is 13.1. The second-order valence-electron chi connectivity index (χ2n) is 4.28. The third-order valence-electron chi connectivity index (χ3n) is 2.71. The molecule has 0 radical (unpaired) electrons. The molecule has 18 heavy (non-hydrogen) atoms. The lowest BCUT2D eigenvalue weighted by atomic mass is 10.2. The Morgan fingerprint density at radius 3 is 2.39 bits per heavy atom. The van der Waals surface area contributed by atoms with Gasteiger partial charge in [-0.25, -0.2) is 4.98 Å². The van der Waals surface area contributed by atoms with E-state index in [-0.39, 0.29) is 0 Å². The van der Waals surface area contributed by atoms with Crippen molar-refractivity contribution in [3.05, 3.63) is 56.6 Å². The number of rotatable bonds is 3. The third kappa shape index (κ3) is 3.33. The number of pyridine rings is 1. The predicted molar refractivity (Wildman–Crippen MR) is 82.9 cm³/mol. The van der Waals surface area contributed by atoms with E-state index in [1.165, 1.54) is 11.1 Å². The number of hydrogen-bond acceptors (Lipinski definition) is 2. The smallest absolute Gasteiger partial charge is 0.131 e. The highest BCUT2D eigenvalue weighted by Crippen LogP contribution is 2.21. The third-order valence-corrected chi connectivity index (χ3v) is 3.67. The normalized spacial score (nSPS) is 10.4. The SMILES string of the molecule is Cc1cc(Br)cnc1N(C)Cc1ccc(Br)cc1. The van der Waals surface area contributed by atoms with E-state index in [9.17, 15) is 0 Å². The van der Waals surface area contributed by atoms with Crippen molar-refractivity contribution in [3.8, 4) is 0 Å². The van der Waals surface area contributed by atoms with Crippen molar-refractivity contribution in [3.63, 3.8) is 0 Å². The van der Waals surface area contributed by atoms with Crippen LogP contribution in [0.5, 0.6) is 0 Å². The lowest BCUT2D eigenvalue weighted by Gasteiger charge is -2.20. The lowest BCUT2D eigenvalue weighted by molar-refractivity contribution is 0.889. The van der Waals surface area contributed by atoms with Crippen LogP contribution in [0.25, 0.3) is 0 Å². The molecule has 0 spiro atoms. The molecule has 1 aromatic heterocycles. The molecule has 0 N–H and O–H groups in total. The van der Waals surface area contributed by atoms with Gasteiger partial charge in [-0.1, -0.05) is 28.1 Å². The monoisotopic (exact) mass is 368 g/mol. The maximum Gasteiger partial charge on any atom is 0.131 e. The number of hydrogen-bond donors (Lipinski definition) is 0. The fourth-order valence-electron chi connectivity index (χ4n) is 1.87. The van der Waals surface area contributed by atoms with Gasteiger partial charge in [0, 0.05) is 28.7 Å². The minimum absolute atomic E-state index is 0.850. The van der Waals surface area contributed by atoms with Gasteiger partial charge in [-0.15, -0.1) is 0 Å². The second-order valence-corrected chi connectivity index (χ2v) is 6.11. The summed E-state index contributed by atoms with van der Waals surface area (Å²) in [6.45, 7) is 2.92. The summed E-state index contributed by atoms with van der Waals surface area (Å²) in [6, 6.07) is 10.4. The Labute approximate surface area is 124 Å². The first-order chi connectivity index (χ1) is 8.56. The summed E-state index contributed by atoms with van der Waals surface area (Å²) in [7, 11) is 2.06.